The molecule has 0 atom stereocenters. The molecule has 0 bridgehead atoms. The van der Waals surface area contributed by atoms with Crippen LogP contribution in [0.2, 0.25) is 0 Å². The van der Waals surface area contributed by atoms with Crippen LogP contribution in [0.3, 0.4) is 0 Å². The molecule has 0 radical (unpaired) electrons. The van der Waals surface area contributed by atoms with E-state index < -0.39 is 0 Å². The molecule has 4 rings (SSSR count). The van der Waals surface area contributed by atoms with E-state index in [2.05, 4.69) is 4.90 Å². The number of ether oxygens (including phenoxy) is 5. The summed E-state index contributed by atoms with van der Waals surface area (Å²) in [5.41, 5.74) is 3.46. The highest BCUT2D eigenvalue weighted by Crippen LogP contribution is 2.38. The molecule has 0 spiro atoms. The molecule has 0 N–H and O–H groups in total. The second-order valence-electron chi connectivity index (χ2n) is 9.05. The minimum Gasteiger partial charge on any atom is -0.497 e. The van der Waals surface area contributed by atoms with Gasteiger partial charge in [0, 0.05) is 37.8 Å². The number of amides is 1. The Kier molecular flexibility index (Phi) is 9.50. The molecule has 1 aliphatic heterocycles. The van der Waals surface area contributed by atoms with E-state index in [1.54, 1.807) is 41.6 Å². The third-order valence-electron chi connectivity index (χ3n) is 6.86. The Balaban J connectivity index is 1.52. The molecule has 0 saturated carbocycles. The van der Waals surface area contributed by atoms with Crippen LogP contribution in [-0.4, -0.2) is 82.4 Å². The standard InChI is InChI=1S/C31H34N2O6S/c1-35-24-10-6-21(7-11-24)26(22-8-12-25(36-2)13-9-22)20-29(34)32-14-16-33(17-15-32)31(40)23-18-27(37-3)30(39-5)28(19-23)38-4/h6-13,18-20H,14-17H2,1-5H3. The van der Waals surface area contributed by atoms with Crippen molar-refractivity contribution in [2.24, 2.45) is 0 Å². The van der Waals surface area contributed by atoms with Crippen molar-refractivity contribution in [1.29, 1.82) is 0 Å². The van der Waals surface area contributed by atoms with Crippen molar-refractivity contribution < 1.29 is 28.5 Å². The van der Waals surface area contributed by atoms with Gasteiger partial charge in [-0.15, -0.1) is 0 Å². The summed E-state index contributed by atoms with van der Waals surface area (Å²) in [5.74, 6) is 3.06. The molecule has 8 nitrogen and oxygen atoms in total. The number of carbonyl (C=O) groups excluding carboxylic acids is 1. The van der Waals surface area contributed by atoms with Gasteiger partial charge in [0.2, 0.25) is 11.7 Å². The zero-order chi connectivity index (χ0) is 28.6. The van der Waals surface area contributed by atoms with Gasteiger partial charge in [0.25, 0.3) is 0 Å². The quantitative estimate of drug-likeness (QED) is 0.275. The predicted molar refractivity (Wildman–Crippen MR) is 159 cm³/mol. The molecule has 3 aromatic carbocycles. The minimum absolute atomic E-state index is 0.0556. The number of hydrogen-bond acceptors (Lipinski definition) is 7. The Bertz CT molecular complexity index is 1290. The van der Waals surface area contributed by atoms with Gasteiger partial charge in [-0.05, 0) is 53.1 Å². The molecule has 1 heterocycles. The van der Waals surface area contributed by atoms with Gasteiger partial charge < -0.3 is 33.5 Å². The van der Waals surface area contributed by atoms with Gasteiger partial charge in [-0.3, -0.25) is 4.79 Å². The van der Waals surface area contributed by atoms with Crippen LogP contribution in [0.15, 0.2) is 66.7 Å². The van der Waals surface area contributed by atoms with Crippen LogP contribution >= 0.6 is 12.2 Å². The van der Waals surface area contributed by atoms with Gasteiger partial charge in [0.15, 0.2) is 11.5 Å². The maximum Gasteiger partial charge on any atom is 0.247 e. The number of rotatable bonds is 9. The maximum absolute atomic E-state index is 13.5. The zero-order valence-electron chi connectivity index (χ0n) is 23.4. The highest BCUT2D eigenvalue weighted by molar-refractivity contribution is 7.80. The number of carbonyl (C=O) groups is 1. The molecule has 0 unspecified atom stereocenters. The normalized spacial score (nSPS) is 12.8. The molecule has 1 amide bonds. The average Bonchev–Trinajstić information content (AvgIpc) is 3.02. The first kappa shape index (κ1) is 28.8. The Hall–Kier alpha value is -4.24. The van der Waals surface area contributed by atoms with Crippen molar-refractivity contribution in [3.05, 3.63) is 83.4 Å². The Morgan fingerprint density at radius 1 is 0.650 bits per heavy atom. The topological polar surface area (TPSA) is 69.7 Å². The smallest absolute Gasteiger partial charge is 0.247 e. The number of benzene rings is 3. The summed E-state index contributed by atoms with van der Waals surface area (Å²) in [4.78, 5) is 18.1. The lowest BCUT2D eigenvalue weighted by Crippen LogP contribution is -2.50. The molecule has 1 aliphatic rings. The fraction of sp³-hybridized carbons (Fsp3) is 0.290. The molecule has 1 saturated heterocycles. The van der Waals surface area contributed by atoms with Gasteiger partial charge in [0.05, 0.1) is 35.5 Å². The largest absolute Gasteiger partial charge is 0.497 e. The molecular formula is C31H34N2O6S. The molecule has 0 aliphatic carbocycles. The number of piperazine rings is 1. The number of methoxy groups -OCH3 is 5. The summed E-state index contributed by atoms with van der Waals surface area (Å²) in [5, 5.41) is 0. The molecule has 210 valence electrons. The Morgan fingerprint density at radius 2 is 1.10 bits per heavy atom. The van der Waals surface area contributed by atoms with Crippen molar-refractivity contribution in [3.63, 3.8) is 0 Å². The lowest BCUT2D eigenvalue weighted by molar-refractivity contribution is -0.127. The van der Waals surface area contributed by atoms with Crippen molar-refractivity contribution in [2.45, 2.75) is 0 Å². The number of hydrogen-bond donors (Lipinski definition) is 0. The van der Waals surface area contributed by atoms with Gasteiger partial charge in [-0.2, -0.15) is 0 Å². The predicted octanol–water partition coefficient (Wildman–Crippen LogP) is 4.68. The van der Waals surface area contributed by atoms with E-state index in [-0.39, 0.29) is 5.91 Å². The molecule has 0 aromatic heterocycles. The van der Waals surface area contributed by atoms with Crippen molar-refractivity contribution in [2.75, 3.05) is 61.7 Å². The zero-order valence-corrected chi connectivity index (χ0v) is 24.2. The first-order valence-electron chi connectivity index (χ1n) is 12.8. The second-order valence-corrected chi connectivity index (χ2v) is 9.43. The Morgan fingerprint density at radius 3 is 1.50 bits per heavy atom. The SMILES string of the molecule is COc1ccc(C(=CC(=O)N2CCN(C(=S)c3cc(OC)c(OC)c(OC)c3)CC2)c2ccc(OC)cc2)cc1. The van der Waals surface area contributed by atoms with Crippen LogP contribution in [0.1, 0.15) is 16.7 Å². The van der Waals surface area contributed by atoms with Gasteiger partial charge in [0.1, 0.15) is 16.5 Å². The van der Waals surface area contributed by atoms with E-state index in [9.17, 15) is 4.79 Å². The molecule has 1 fully saturated rings. The fourth-order valence-electron chi connectivity index (χ4n) is 4.61. The summed E-state index contributed by atoms with van der Waals surface area (Å²) in [6, 6.07) is 19.1. The third kappa shape index (κ3) is 6.31. The van der Waals surface area contributed by atoms with Gasteiger partial charge >= 0.3 is 0 Å². The summed E-state index contributed by atoms with van der Waals surface area (Å²) in [6.07, 6.45) is 1.71. The van der Waals surface area contributed by atoms with Gasteiger partial charge in [-0.25, -0.2) is 0 Å². The maximum atomic E-state index is 13.5. The highest BCUT2D eigenvalue weighted by atomic mass is 32.1. The molecule has 40 heavy (non-hydrogen) atoms. The first-order valence-corrected chi connectivity index (χ1v) is 13.2. The summed E-state index contributed by atoms with van der Waals surface area (Å²) in [7, 11) is 7.98. The van der Waals surface area contributed by atoms with Gasteiger partial charge in [-0.1, -0.05) is 36.5 Å². The number of thiocarbonyl (C=S) groups is 1. The number of nitrogens with zero attached hydrogens (tertiary/aromatic N) is 2. The van der Waals surface area contributed by atoms with E-state index in [0.717, 1.165) is 33.8 Å². The summed E-state index contributed by atoms with van der Waals surface area (Å²) in [6.45, 7) is 2.29. The van der Waals surface area contributed by atoms with E-state index in [4.69, 9.17) is 35.9 Å². The molecular weight excluding hydrogens is 528 g/mol. The minimum atomic E-state index is -0.0556. The van der Waals surface area contributed by atoms with E-state index in [0.29, 0.717) is 48.4 Å². The lowest BCUT2D eigenvalue weighted by Gasteiger charge is -2.36. The average molecular weight is 563 g/mol. The van der Waals surface area contributed by atoms with Crippen LogP contribution in [-0.2, 0) is 4.79 Å². The van der Waals surface area contributed by atoms with Crippen molar-refractivity contribution in [3.8, 4) is 28.7 Å². The van der Waals surface area contributed by atoms with E-state index >= 15 is 0 Å². The third-order valence-corrected chi connectivity index (χ3v) is 7.35. The second kappa shape index (κ2) is 13.2. The van der Waals surface area contributed by atoms with E-state index in [1.807, 2.05) is 65.6 Å². The first-order chi connectivity index (χ1) is 19.4. The van der Waals surface area contributed by atoms with Crippen LogP contribution in [0.4, 0.5) is 0 Å². The van der Waals surface area contributed by atoms with Crippen LogP contribution < -0.4 is 23.7 Å². The van der Waals surface area contributed by atoms with Crippen molar-refractivity contribution >= 4 is 28.7 Å². The molecule has 3 aromatic rings. The lowest BCUT2D eigenvalue weighted by atomic mass is 9.97. The Labute approximate surface area is 240 Å². The summed E-state index contributed by atoms with van der Waals surface area (Å²) < 4.78 is 27.0. The van der Waals surface area contributed by atoms with Crippen molar-refractivity contribution in [1.82, 2.24) is 9.80 Å². The monoisotopic (exact) mass is 562 g/mol. The summed E-state index contributed by atoms with van der Waals surface area (Å²) >= 11 is 5.82. The van der Waals surface area contributed by atoms with Crippen LogP contribution in [0.25, 0.3) is 5.57 Å². The van der Waals surface area contributed by atoms with Crippen LogP contribution in [0, 0.1) is 0 Å². The highest BCUT2D eigenvalue weighted by Gasteiger charge is 2.24. The van der Waals surface area contributed by atoms with Crippen LogP contribution in [0.5, 0.6) is 28.7 Å². The fourth-order valence-corrected chi connectivity index (χ4v) is 4.91. The molecule has 9 heteroatoms. The van der Waals surface area contributed by atoms with E-state index in [1.165, 1.54) is 0 Å².